The lowest BCUT2D eigenvalue weighted by molar-refractivity contribution is -0.266. The van der Waals surface area contributed by atoms with Crippen molar-refractivity contribution in [1.82, 2.24) is 0 Å². The second kappa shape index (κ2) is 6.96. The van der Waals surface area contributed by atoms with Crippen molar-refractivity contribution < 1.29 is 27.4 Å². The normalized spacial score (nSPS) is 15.0. The van der Waals surface area contributed by atoms with E-state index in [9.17, 15) is 22.7 Å². The highest BCUT2D eigenvalue weighted by molar-refractivity contribution is 7.09. The molecule has 0 saturated carbocycles. The molecule has 0 aliphatic rings. The molecule has 0 aliphatic carbocycles. The molecule has 1 N–H and O–H groups in total. The summed E-state index contributed by atoms with van der Waals surface area (Å²) in [6.07, 6.45) is -5.99. The van der Waals surface area contributed by atoms with Crippen LogP contribution in [-0.2, 0) is 11.8 Å². The van der Waals surface area contributed by atoms with Gasteiger partial charge in [0, 0.05) is 16.9 Å². The smallest absolute Gasteiger partial charge is 0.417 e. The Morgan fingerprint density at radius 2 is 1.84 bits per heavy atom. The fraction of sp³-hybridized carbons (Fsp3) is 0.444. The quantitative estimate of drug-likeness (QED) is 0.711. The molecule has 2 nitrogen and oxygen atoms in total. The third-order valence-corrected chi connectivity index (χ3v) is 5.08. The third-order valence-electron chi connectivity index (χ3n) is 4.20. The largest absolute Gasteiger partial charge is 0.496 e. The molecule has 138 valence electrons. The zero-order valence-corrected chi connectivity index (χ0v) is 15.0. The summed E-state index contributed by atoms with van der Waals surface area (Å²) in [5.41, 5.74) is -3.82. The van der Waals surface area contributed by atoms with E-state index < -0.39 is 35.9 Å². The van der Waals surface area contributed by atoms with E-state index >= 15 is 0 Å². The first-order chi connectivity index (χ1) is 11.5. The molecule has 0 aliphatic heterocycles. The van der Waals surface area contributed by atoms with Crippen LogP contribution in [0, 0.1) is 5.82 Å². The molecular weight excluding hydrogens is 356 g/mol. The van der Waals surface area contributed by atoms with Gasteiger partial charge in [-0.15, -0.1) is 11.3 Å². The standard InChI is InChI=1S/C18H20F4O2S/c1-16(2,14-9-12(19)6-7-15(14)24-3)11-17(23,18(20,21)22)10-13-5-4-8-25-13/h4-9,23H,10-11H2,1-3H3. The second-order valence-corrected chi connectivity index (χ2v) is 7.72. The van der Waals surface area contributed by atoms with Gasteiger partial charge in [-0.05, 0) is 41.5 Å². The highest BCUT2D eigenvalue weighted by atomic mass is 32.1. The van der Waals surface area contributed by atoms with Crippen LogP contribution in [0.4, 0.5) is 17.6 Å². The molecule has 1 atom stereocenters. The Hall–Kier alpha value is -1.60. The Kier molecular flexibility index (Phi) is 5.49. The van der Waals surface area contributed by atoms with E-state index in [0.29, 0.717) is 4.88 Å². The van der Waals surface area contributed by atoms with Crippen molar-refractivity contribution in [3.05, 3.63) is 52.0 Å². The van der Waals surface area contributed by atoms with Gasteiger partial charge in [-0.25, -0.2) is 4.39 Å². The van der Waals surface area contributed by atoms with E-state index in [1.807, 2.05) is 0 Å². The van der Waals surface area contributed by atoms with Crippen LogP contribution in [0.2, 0.25) is 0 Å². The number of rotatable bonds is 6. The van der Waals surface area contributed by atoms with Crippen molar-refractivity contribution in [3.8, 4) is 5.75 Å². The average Bonchev–Trinajstić information content (AvgIpc) is 2.98. The van der Waals surface area contributed by atoms with Crippen molar-refractivity contribution in [2.24, 2.45) is 0 Å². The molecule has 0 bridgehead atoms. The Bertz CT molecular complexity index is 710. The molecular formula is C18H20F4O2S. The summed E-state index contributed by atoms with van der Waals surface area (Å²) in [5.74, 6) is -0.287. The summed E-state index contributed by atoms with van der Waals surface area (Å²) < 4.78 is 59.8. The molecule has 2 rings (SSSR count). The molecule has 7 heteroatoms. The van der Waals surface area contributed by atoms with Gasteiger partial charge in [0.2, 0.25) is 0 Å². The summed E-state index contributed by atoms with van der Waals surface area (Å²) in [4.78, 5) is 0.432. The number of aliphatic hydroxyl groups is 1. The summed E-state index contributed by atoms with van der Waals surface area (Å²) in [6.45, 7) is 3.07. The minimum Gasteiger partial charge on any atom is -0.496 e. The Morgan fingerprint density at radius 1 is 1.16 bits per heavy atom. The number of halogens is 4. The van der Waals surface area contributed by atoms with E-state index in [-0.39, 0.29) is 11.3 Å². The average molecular weight is 376 g/mol. The number of alkyl halides is 3. The van der Waals surface area contributed by atoms with Crippen LogP contribution in [-0.4, -0.2) is 24.0 Å². The molecule has 2 aromatic rings. The van der Waals surface area contributed by atoms with Crippen LogP contribution in [0.3, 0.4) is 0 Å². The Labute approximate surface area is 148 Å². The number of benzene rings is 1. The highest BCUT2D eigenvalue weighted by Gasteiger charge is 2.56. The summed E-state index contributed by atoms with van der Waals surface area (Å²) >= 11 is 1.15. The zero-order chi connectivity index (χ0) is 18.9. The molecule has 1 aromatic carbocycles. The van der Waals surface area contributed by atoms with Gasteiger partial charge in [0.25, 0.3) is 0 Å². The number of thiophene rings is 1. The Morgan fingerprint density at radius 3 is 2.36 bits per heavy atom. The number of hydrogen-bond acceptors (Lipinski definition) is 3. The van der Waals surface area contributed by atoms with Crippen molar-refractivity contribution in [2.75, 3.05) is 7.11 Å². The van der Waals surface area contributed by atoms with E-state index in [1.165, 1.54) is 33.1 Å². The van der Waals surface area contributed by atoms with Gasteiger partial charge >= 0.3 is 6.18 Å². The van der Waals surface area contributed by atoms with E-state index in [1.54, 1.807) is 17.5 Å². The first-order valence-electron chi connectivity index (χ1n) is 7.64. The van der Waals surface area contributed by atoms with Gasteiger partial charge in [-0.2, -0.15) is 13.2 Å². The van der Waals surface area contributed by atoms with E-state index in [4.69, 9.17) is 4.74 Å². The molecule has 25 heavy (non-hydrogen) atoms. The number of ether oxygens (including phenoxy) is 1. The number of methoxy groups -OCH3 is 1. The first kappa shape index (κ1) is 19.7. The predicted octanol–water partition coefficient (Wildman–Crippen LogP) is 5.10. The fourth-order valence-electron chi connectivity index (χ4n) is 3.00. The lowest BCUT2D eigenvalue weighted by atomic mass is 9.73. The number of hydrogen-bond donors (Lipinski definition) is 1. The van der Waals surface area contributed by atoms with Crippen LogP contribution in [0.5, 0.6) is 5.75 Å². The van der Waals surface area contributed by atoms with Gasteiger partial charge in [0.15, 0.2) is 5.60 Å². The van der Waals surface area contributed by atoms with E-state index in [2.05, 4.69) is 0 Å². The zero-order valence-electron chi connectivity index (χ0n) is 14.2. The molecule has 0 saturated heterocycles. The van der Waals surface area contributed by atoms with Crippen molar-refractivity contribution in [3.63, 3.8) is 0 Å². The maximum Gasteiger partial charge on any atom is 0.417 e. The highest BCUT2D eigenvalue weighted by Crippen LogP contribution is 2.45. The van der Waals surface area contributed by atoms with Crippen molar-refractivity contribution in [2.45, 2.75) is 43.9 Å². The summed E-state index contributed by atoms with van der Waals surface area (Å²) in [6, 6.07) is 6.90. The predicted molar refractivity (Wildman–Crippen MR) is 89.6 cm³/mol. The minimum absolute atomic E-state index is 0.281. The lowest BCUT2D eigenvalue weighted by Crippen LogP contribution is -2.50. The fourth-order valence-corrected chi connectivity index (χ4v) is 3.81. The lowest BCUT2D eigenvalue weighted by Gasteiger charge is -2.38. The first-order valence-corrected chi connectivity index (χ1v) is 8.52. The van der Waals surface area contributed by atoms with Crippen LogP contribution < -0.4 is 4.74 Å². The van der Waals surface area contributed by atoms with Crippen molar-refractivity contribution >= 4 is 11.3 Å². The molecule has 0 fully saturated rings. The van der Waals surface area contributed by atoms with Gasteiger partial charge in [-0.1, -0.05) is 19.9 Å². The minimum atomic E-state index is -4.82. The molecule has 0 spiro atoms. The van der Waals surface area contributed by atoms with Gasteiger partial charge < -0.3 is 9.84 Å². The van der Waals surface area contributed by atoms with Crippen LogP contribution in [0.25, 0.3) is 0 Å². The second-order valence-electron chi connectivity index (χ2n) is 6.69. The molecule has 1 unspecified atom stereocenters. The van der Waals surface area contributed by atoms with E-state index in [0.717, 1.165) is 17.4 Å². The summed E-state index contributed by atoms with van der Waals surface area (Å²) in [7, 11) is 1.37. The van der Waals surface area contributed by atoms with Crippen LogP contribution >= 0.6 is 11.3 Å². The molecule has 1 heterocycles. The van der Waals surface area contributed by atoms with Gasteiger partial charge in [-0.3, -0.25) is 0 Å². The topological polar surface area (TPSA) is 29.5 Å². The van der Waals surface area contributed by atoms with Gasteiger partial charge in [0.05, 0.1) is 7.11 Å². The molecule has 0 amide bonds. The monoisotopic (exact) mass is 376 g/mol. The maximum absolute atomic E-state index is 13.7. The Balaban J connectivity index is 2.42. The SMILES string of the molecule is COc1ccc(F)cc1C(C)(C)CC(O)(Cc1cccs1)C(F)(F)F. The van der Waals surface area contributed by atoms with Crippen LogP contribution in [0.1, 0.15) is 30.7 Å². The molecule has 1 aromatic heterocycles. The van der Waals surface area contributed by atoms with Gasteiger partial charge in [0.1, 0.15) is 11.6 Å². The van der Waals surface area contributed by atoms with Crippen molar-refractivity contribution in [1.29, 1.82) is 0 Å². The maximum atomic E-state index is 13.7. The van der Waals surface area contributed by atoms with Crippen LogP contribution in [0.15, 0.2) is 35.7 Å². The summed E-state index contributed by atoms with van der Waals surface area (Å²) in [5, 5.41) is 12.2. The third kappa shape index (κ3) is 4.33. The molecule has 0 radical (unpaired) electrons.